The molecule has 0 aliphatic heterocycles. The molecule has 4 rings (SSSR count). The molecule has 1 aromatic carbocycles. The molecule has 1 amide bonds. The topological polar surface area (TPSA) is 67.2 Å². The first-order chi connectivity index (χ1) is 12.7. The van der Waals surface area contributed by atoms with Crippen LogP contribution in [0.25, 0.3) is 10.8 Å². The molecule has 1 aliphatic rings. The Hall–Kier alpha value is -2.34. The van der Waals surface area contributed by atoms with Crippen molar-refractivity contribution >= 4 is 33.1 Å². The summed E-state index contributed by atoms with van der Waals surface area (Å²) in [6, 6.07) is 7.25. The van der Waals surface area contributed by atoms with Crippen molar-refractivity contribution in [1.82, 2.24) is 9.55 Å². The molecule has 3 aromatic rings. The number of amides is 1. The smallest absolute Gasteiger partial charge is 0.249 e. The van der Waals surface area contributed by atoms with E-state index in [9.17, 15) is 9.90 Å². The maximum Gasteiger partial charge on any atom is 0.249 e. The predicted molar refractivity (Wildman–Crippen MR) is 105 cm³/mol. The molecule has 1 saturated carbocycles. The molecule has 2 aromatic heterocycles. The molecule has 0 saturated heterocycles. The minimum atomic E-state index is -0.436. The first-order valence-corrected chi connectivity index (χ1v) is 10.1. The molecule has 26 heavy (non-hydrogen) atoms. The zero-order valence-corrected chi connectivity index (χ0v) is 15.4. The second kappa shape index (κ2) is 7.50. The van der Waals surface area contributed by atoms with Crippen molar-refractivity contribution in [3.8, 4) is 5.88 Å². The van der Waals surface area contributed by atoms with Crippen LogP contribution in [0.3, 0.4) is 0 Å². The Kier molecular flexibility index (Phi) is 4.93. The lowest BCUT2D eigenvalue weighted by molar-refractivity contribution is -0.120. The summed E-state index contributed by atoms with van der Waals surface area (Å²) in [5.74, 6) is 0.567. The summed E-state index contributed by atoms with van der Waals surface area (Å²) in [6.07, 6.45) is 10.4. The molecular weight excluding hydrogens is 346 g/mol. The van der Waals surface area contributed by atoms with E-state index in [4.69, 9.17) is 0 Å². The Labute approximate surface area is 156 Å². The zero-order chi connectivity index (χ0) is 17.9. The molecule has 136 valence electrons. The number of nitrogens with one attached hydrogen (secondary N) is 1. The summed E-state index contributed by atoms with van der Waals surface area (Å²) >= 11 is 1.40. The van der Waals surface area contributed by atoms with Gasteiger partial charge in [-0.05, 0) is 18.4 Å². The van der Waals surface area contributed by atoms with Gasteiger partial charge in [-0.2, -0.15) is 0 Å². The fourth-order valence-corrected chi connectivity index (χ4v) is 4.49. The second-order valence-electron chi connectivity index (χ2n) is 7.03. The molecule has 1 aliphatic carbocycles. The summed E-state index contributed by atoms with van der Waals surface area (Å²) in [5.41, 5.74) is 0. The monoisotopic (exact) mass is 369 g/mol. The van der Waals surface area contributed by atoms with Gasteiger partial charge in [0.25, 0.3) is 0 Å². The number of benzene rings is 1. The van der Waals surface area contributed by atoms with Gasteiger partial charge < -0.3 is 15.0 Å². The van der Waals surface area contributed by atoms with Crippen LogP contribution in [0.1, 0.15) is 44.6 Å². The Morgan fingerprint density at radius 1 is 1.31 bits per heavy atom. The molecule has 0 bridgehead atoms. The Morgan fingerprint density at radius 3 is 2.85 bits per heavy atom. The highest BCUT2D eigenvalue weighted by atomic mass is 32.1. The first kappa shape index (κ1) is 17.1. The molecule has 1 atom stereocenters. The van der Waals surface area contributed by atoms with E-state index in [1.54, 1.807) is 10.8 Å². The molecule has 2 heterocycles. The number of rotatable bonds is 5. The van der Waals surface area contributed by atoms with E-state index in [1.807, 2.05) is 35.8 Å². The van der Waals surface area contributed by atoms with Crippen molar-refractivity contribution in [2.24, 2.45) is 5.92 Å². The van der Waals surface area contributed by atoms with Gasteiger partial charge in [0.2, 0.25) is 5.91 Å². The summed E-state index contributed by atoms with van der Waals surface area (Å²) in [5, 5.41) is 17.8. The highest BCUT2D eigenvalue weighted by Crippen LogP contribution is 2.36. The maximum absolute atomic E-state index is 13.0. The largest absolute Gasteiger partial charge is 0.494 e. The quantitative estimate of drug-likeness (QED) is 0.668. The SMILES string of the molecule is O=C(Nc1nccs1)[C@@H](CC1CCCCC1)n1cc2ccccc2c1O. The van der Waals surface area contributed by atoms with Gasteiger partial charge in [0.15, 0.2) is 11.0 Å². The van der Waals surface area contributed by atoms with Crippen molar-refractivity contribution in [1.29, 1.82) is 0 Å². The number of nitrogens with zero attached hydrogens (tertiary/aromatic N) is 2. The third-order valence-corrected chi connectivity index (χ3v) is 6.00. The first-order valence-electron chi connectivity index (χ1n) is 9.21. The zero-order valence-electron chi connectivity index (χ0n) is 14.6. The molecule has 0 unspecified atom stereocenters. The minimum Gasteiger partial charge on any atom is -0.494 e. The normalized spacial score (nSPS) is 16.6. The van der Waals surface area contributed by atoms with Crippen LogP contribution in [0.2, 0.25) is 0 Å². The molecule has 1 fully saturated rings. The van der Waals surface area contributed by atoms with Gasteiger partial charge in [0.1, 0.15) is 6.04 Å². The van der Waals surface area contributed by atoms with Crippen LogP contribution in [0.4, 0.5) is 5.13 Å². The van der Waals surface area contributed by atoms with E-state index in [0.29, 0.717) is 11.0 Å². The lowest BCUT2D eigenvalue weighted by Crippen LogP contribution is -2.28. The van der Waals surface area contributed by atoms with Crippen molar-refractivity contribution in [2.45, 2.75) is 44.6 Å². The van der Waals surface area contributed by atoms with Gasteiger partial charge in [-0.25, -0.2) is 4.98 Å². The summed E-state index contributed by atoms with van der Waals surface area (Å²) in [4.78, 5) is 17.2. The van der Waals surface area contributed by atoms with Crippen LogP contribution in [-0.4, -0.2) is 20.6 Å². The van der Waals surface area contributed by atoms with E-state index in [-0.39, 0.29) is 11.8 Å². The highest BCUT2D eigenvalue weighted by Gasteiger charge is 2.28. The summed E-state index contributed by atoms with van der Waals surface area (Å²) in [6.45, 7) is 0. The number of fused-ring (bicyclic) bond motifs is 1. The van der Waals surface area contributed by atoms with Gasteiger partial charge in [-0.15, -0.1) is 11.3 Å². The van der Waals surface area contributed by atoms with Crippen molar-refractivity contribution < 1.29 is 9.90 Å². The van der Waals surface area contributed by atoms with Gasteiger partial charge in [-0.1, -0.05) is 50.3 Å². The third-order valence-electron chi connectivity index (χ3n) is 5.31. The number of hydrogen-bond donors (Lipinski definition) is 2. The lowest BCUT2D eigenvalue weighted by atomic mass is 9.84. The molecule has 6 heteroatoms. The number of hydrogen-bond acceptors (Lipinski definition) is 4. The van der Waals surface area contributed by atoms with Crippen LogP contribution in [0.5, 0.6) is 5.88 Å². The van der Waals surface area contributed by atoms with Gasteiger partial charge >= 0.3 is 0 Å². The van der Waals surface area contributed by atoms with Crippen LogP contribution >= 0.6 is 11.3 Å². The molecule has 0 radical (unpaired) electrons. The Balaban J connectivity index is 1.66. The van der Waals surface area contributed by atoms with Gasteiger partial charge in [-0.3, -0.25) is 4.79 Å². The van der Waals surface area contributed by atoms with Crippen LogP contribution in [0, 0.1) is 5.92 Å². The van der Waals surface area contributed by atoms with Crippen LogP contribution in [-0.2, 0) is 4.79 Å². The summed E-state index contributed by atoms with van der Waals surface area (Å²) in [7, 11) is 0. The summed E-state index contributed by atoms with van der Waals surface area (Å²) < 4.78 is 1.74. The molecular formula is C20H23N3O2S. The Bertz CT molecular complexity index is 882. The van der Waals surface area contributed by atoms with E-state index < -0.39 is 6.04 Å². The standard InChI is InChI=1S/C20H23N3O2S/c24-18(22-20-21-10-11-26-20)17(12-14-6-2-1-3-7-14)23-13-15-8-4-5-9-16(15)19(23)25/h4-5,8-11,13-14,17,25H,1-3,6-7,12H2,(H,21,22,24)/t17-/m1/s1. The number of aromatic nitrogens is 2. The predicted octanol–water partition coefficient (Wildman–Crippen LogP) is 4.95. The number of aromatic hydroxyl groups is 1. The van der Waals surface area contributed by atoms with Crippen molar-refractivity contribution in [2.75, 3.05) is 5.32 Å². The minimum absolute atomic E-state index is 0.110. The molecule has 5 nitrogen and oxygen atoms in total. The van der Waals surface area contributed by atoms with Crippen molar-refractivity contribution in [3.05, 3.63) is 42.0 Å². The number of thiazole rings is 1. The van der Waals surface area contributed by atoms with Gasteiger partial charge in [0, 0.05) is 28.5 Å². The fraction of sp³-hybridized carbons (Fsp3) is 0.400. The van der Waals surface area contributed by atoms with Crippen molar-refractivity contribution in [3.63, 3.8) is 0 Å². The lowest BCUT2D eigenvalue weighted by Gasteiger charge is -2.27. The van der Waals surface area contributed by atoms with Gasteiger partial charge in [0.05, 0.1) is 0 Å². The molecule has 2 N–H and O–H groups in total. The fourth-order valence-electron chi connectivity index (χ4n) is 3.96. The number of carbonyl (C=O) groups excluding carboxylic acids is 1. The third kappa shape index (κ3) is 3.46. The highest BCUT2D eigenvalue weighted by molar-refractivity contribution is 7.13. The number of carbonyl (C=O) groups is 1. The van der Waals surface area contributed by atoms with E-state index >= 15 is 0 Å². The van der Waals surface area contributed by atoms with Crippen LogP contribution < -0.4 is 5.32 Å². The molecule has 0 spiro atoms. The van der Waals surface area contributed by atoms with E-state index in [1.165, 1.54) is 30.6 Å². The van der Waals surface area contributed by atoms with E-state index in [2.05, 4.69) is 10.3 Å². The maximum atomic E-state index is 13.0. The van der Waals surface area contributed by atoms with E-state index in [0.717, 1.165) is 30.0 Å². The average Bonchev–Trinajstić information content (AvgIpc) is 3.29. The van der Waals surface area contributed by atoms with Crippen LogP contribution in [0.15, 0.2) is 42.0 Å². The Morgan fingerprint density at radius 2 is 2.12 bits per heavy atom. The average molecular weight is 369 g/mol. The second-order valence-corrected chi connectivity index (χ2v) is 7.92. The number of anilines is 1.